The van der Waals surface area contributed by atoms with Crippen LogP contribution in [0.25, 0.3) is 21.9 Å². The van der Waals surface area contributed by atoms with Crippen LogP contribution in [-0.4, -0.2) is 93.2 Å². The maximum absolute atomic E-state index is 13.2. The molecular formula is C31H38ClN7O4. The number of likely N-dealkylation sites (N-methyl/N-ethyl adjacent to an activating group) is 1. The molecule has 1 aliphatic carbocycles. The predicted molar refractivity (Wildman–Crippen MR) is 164 cm³/mol. The van der Waals surface area contributed by atoms with Crippen LogP contribution in [-0.2, 0) is 22.4 Å². The van der Waals surface area contributed by atoms with Crippen molar-refractivity contribution in [1.29, 1.82) is 5.26 Å². The second-order valence-corrected chi connectivity index (χ2v) is 13.6. The zero-order valence-electron chi connectivity index (χ0n) is 25.3. The maximum Gasteiger partial charge on any atom is 0.410 e. The smallest absolute Gasteiger partial charge is 0.410 e. The first kappa shape index (κ1) is 29.5. The first-order chi connectivity index (χ1) is 20.4. The van der Waals surface area contributed by atoms with Crippen molar-refractivity contribution in [2.45, 2.75) is 76.6 Å². The summed E-state index contributed by atoms with van der Waals surface area (Å²) in [5.74, 6) is 1.49. The molecule has 3 aliphatic heterocycles. The van der Waals surface area contributed by atoms with Gasteiger partial charge in [-0.15, -0.1) is 0 Å². The van der Waals surface area contributed by atoms with Gasteiger partial charge in [-0.2, -0.15) is 5.26 Å². The Bertz CT molecular complexity index is 1650. The Hall–Kier alpha value is -3.62. The van der Waals surface area contributed by atoms with Gasteiger partial charge in [-0.25, -0.2) is 14.8 Å². The number of ether oxygens (including phenoxy) is 1. The number of carbonyl (C=O) groups is 2. The lowest BCUT2D eigenvalue weighted by Crippen LogP contribution is -2.57. The average molecular weight is 608 g/mol. The van der Waals surface area contributed by atoms with Crippen molar-refractivity contribution in [3.8, 4) is 11.8 Å². The van der Waals surface area contributed by atoms with Gasteiger partial charge in [0, 0.05) is 56.2 Å². The summed E-state index contributed by atoms with van der Waals surface area (Å²) in [6.07, 6.45) is 2.79. The number of halogens is 1. The Balaban J connectivity index is 1.56. The topological polar surface area (TPSA) is 128 Å². The molecule has 3 saturated heterocycles. The molecule has 11 nitrogen and oxygen atoms in total. The van der Waals surface area contributed by atoms with Gasteiger partial charge in [-0.1, -0.05) is 11.6 Å². The molecule has 43 heavy (non-hydrogen) atoms. The summed E-state index contributed by atoms with van der Waals surface area (Å²) in [4.78, 5) is 41.0. The van der Waals surface area contributed by atoms with Gasteiger partial charge in [0.2, 0.25) is 0 Å². The van der Waals surface area contributed by atoms with E-state index in [2.05, 4.69) is 34.5 Å². The number of carbonyl (C=O) groups excluding carboxylic acids is 2. The Morgan fingerprint density at radius 2 is 1.98 bits per heavy atom. The second-order valence-electron chi connectivity index (χ2n) is 13.2. The lowest BCUT2D eigenvalue weighted by Gasteiger charge is -2.43. The Labute approximate surface area is 256 Å². The summed E-state index contributed by atoms with van der Waals surface area (Å²) in [5, 5.41) is 21.5. The van der Waals surface area contributed by atoms with Gasteiger partial charge in [0.15, 0.2) is 11.6 Å². The van der Waals surface area contributed by atoms with E-state index in [0.29, 0.717) is 59.7 Å². The summed E-state index contributed by atoms with van der Waals surface area (Å²) in [5.41, 5.74) is 1.94. The van der Waals surface area contributed by atoms with Crippen LogP contribution in [0.3, 0.4) is 0 Å². The summed E-state index contributed by atoms with van der Waals surface area (Å²) in [7, 11) is 4.10. The Kier molecular flexibility index (Phi) is 7.42. The van der Waals surface area contributed by atoms with Gasteiger partial charge >= 0.3 is 6.09 Å². The van der Waals surface area contributed by atoms with Gasteiger partial charge in [0.1, 0.15) is 28.7 Å². The van der Waals surface area contributed by atoms with Crippen LogP contribution < -0.4 is 4.90 Å². The molecule has 1 amide bonds. The third kappa shape index (κ3) is 4.94. The first-order valence-corrected chi connectivity index (χ1v) is 15.3. The molecule has 2 bridgehead atoms. The lowest BCUT2D eigenvalue weighted by atomic mass is 9.79. The number of rotatable bonds is 8. The molecule has 1 aromatic carbocycles. The molecule has 5 heterocycles. The molecule has 4 fully saturated rings. The summed E-state index contributed by atoms with van der Waals surface area (Å²) >= 11 is 6.64. The van der Waals surface area contributed by atoms with Crippen LogP contribution >= 0.6 is 11.6 Å². The number of phenolic OH excluding ortho intramolecular Hbond substituents is 1. The molecule has 1 N–H and O–H groups in total. The van der Waals surface area contributed by atoms with E-state index >= 15 is 0 Å². The van der Waals surface area contributed by atoms with Crippen molar-refractivity contribution in [3.63, 3.8) is 0 Å². The van der Waals surface area contributed by atoms with E-state index in [9.17, 15) is 20.0 Å². The molecular weight excluding hydrogens is 570 g/mol. The predicted octanol–water partition coefficient (Wildman–Crippen LogP) is 4.46. The number of hydrogen-bond acceptors (Lipinski definition) is 9. The van der Waals surface area contributed by atoms with Gasteiger partial charge in [-0.05, 0) is 59.3 Å². The normalized spacial score (nSPS) is 21.8. The molecule has 3 unspecified atom stereocenters. The Morgan fingerprint density at radius 3 is 2.63 bits per heavy atom. The van der Waals surface area contributed by atoms with Crippen LogP contribution in [0.4, 0.5) is 10.6 Å². The average Bonchev–Trinajstić information content (AvgIpc) is 3.60. The number of imidazole rings is 1. The number of hydrogen-bond donors (Lipinski definition) is 1. The van der Waals surface area contributed by atoms with Crippen LogP contribution in [0.15, 0.2) is 6.07 Å². The second kappa shape index (κ2) is 10.8. The van der Waals surface area contributed by atoms with Crippen molar-refractivity contribution in [3.05, 3.63) is 22.5 Å². The minimum Gasteiger partial charge on any atom is -0.504 e. The summed E-state index contributed by atoms with van der Waals surface area (Å²) in [6, 6.07) is 4.29. The number of aromatic nitrogens is 3. The first-order valence-electron chi connectivity index (χ1n) is 14.9. The minimum absolute atomic E-state index is 0.0658. The van der Waals surface area contributed by atoms with Gasteiger partial charge in [0.25, 0.3) is 0 Å². The van der Waals surface area contributed by atoms with Crippen LogP contribution in [0.1, 0.15) is 57.5 Å². The Morgan fingerprint density at radius 1 is 1.23 bits per heavy atom. The van der Waals surface area contributed by atoms with Crippen molar-refractivity contribution < 1.29 is 19.4 Å². The number of pyridine rings is 1. The fourth-order valence-electron chi connectivity index (χ4n) is 6.77. The van der Waals surface area contributed by atoms with E-state index in [1.54, 1.807) is 0 Å². The fraction of sp³-hybridized carbons (Fsp3) is 0.581. The summed E-state index contributed by atoms with van der Waals surface area (Å²) < 4.78 is 7.94. The van der Waals surface area contributed by atoms with E-state index in [1.165, 1.54) is 0 Å². The number of aryl methyl sites for hydroxylation is 2. The van der Waals surface area contributed by atoms with E-state index in [-0.39, 0.29) is 41.3 Å². The molecule has 0 radical (unpaired) electrons. The van der Waals surface area contributed by atoms with E-state index in [4.69, 9.17) is 26.3 Å². The molecule has 7 rings (SSSR count). The van der Waals surface area contributed by atoms with Crippen molar-refractivity contribution in [1.82, 2.24) is 24.3 Å². The molecule has 228 valence electrons. The van der Waals surface area contributed by atoms with E-state index < -0.39 is 5.60 Å². The number of benzene rings is 1. The number of aromatic hydroxyl groups is 1. The standard InChI is InChI=1S/C31H38ClN7O4/c1-31(2,3)43-30(42)38-14-18-13-21(38)26(18)39-22(9-7-11-40)34-25-27(39)20-12-17(8-6-10-33)23(32)28(41)24(20)35-29(25)37-15-19(16-37)36(4)5/h11-12,18-19,21,26,41H,6-9,13-16H2,1-5H3. The molecule has 4 aliphatic rings. The number of anilines is 1. The molecule has 1 saturated carbocycles. The quantitative estimate of drug-likeness (QED) is 0.369. The van der Waals surface area contributed by atoms with E-state index in [0.717, 1.165) is 37.1 Å². The van der Waals surface area contributed by atoms with Crippen LogP contribution in [0.2, 0.25) is 5.02 Å². The van der Waals surface area contributed by atoms with Crippen LogP contribution in [0.5, 0.6) is 5.75 Å². The number of fused-ring (bicyclic) bond motifs is 4. The fourth-order valence-corrected chi connectivity index (χ4v) is 7.01. The van der Waals surface area contributed by atoms with Gasteiger partial charge < -0.3 is 33.9 Å². The van der Waals surface area contributed by atoms with Gasteiger partial charge in [-0.3, -0.25) is 0 Å². The molecule has 3 atom stereocenters. The highest BCUT2D eigenvalue weighted by molar-refractivity contribution is 6.34. The highest BCUT2D eigenvalue weighted by atomic mass is 35.5. The number of nitrogens with zero attached hydrogens (tertiary/aromatic N) is 7. The monoisotopic (exact) mass is 607 g/mol. The van der Waals surface area contributed by atoms with Crippen molar-refractivity contribution in [2.24, 2.45) is 5.92 Å². The highest BCUT2D eigenvalue weighted by Crippen LogP contribution is 2.53. The zero-order chi connectivity index (χ0) is 30.8. The molecule has 12 heteroatoms. The number of aldehydes is 1. The minimum atomic E-state index is -0.606. The molecule has 2 aromatic heterocycles. The largest absolute Gasteiger partial charge is 0.504 e. The SMILES string of the molecule is CN(C)C1CN(c2nc3c(O)c(Cl)c(CCC#N)cc3c3c2nc(CCC=O)n3C2C3CC2N(C(=O)OC(C)(C)C)C3)C1. The number of phenols is 1. The molecule has 3 aromatic rings. The van der Waals surface area contributed by atoms with Crippen molar-refractivity contribution >= 4 is 51.7 Å². The summed E-state index contributed by atoms with van der Waals surface area (Å²) in [6.45, 7) is 7.68. The third-order valence-electron chi connectivity index (χ3n) is 9.02. The number of amides is 1. The molecule has 0 spiro atoms. The zero-order valence-corrected chi connectivity index (χ0v) is 26.1. The number of nitriles is 1. The van der Waals surface area contributed by atoms with Gasteiger partial charge in [0.05, 0.1) is 28.7 Å². The highest BCUT2D eigenvalue weighted by Gasteiger charge is 2.56. The van der Waals surface area contributed by atoms with Crippen LogP contribution in [0, 0.1) is 17.2 Å². The van der Waals surface area contributed by atoms with E-state index in [1.807, 2.05) is 31.7 Å². The van der Waals surface area contributed by atoms with Crippen molar-refractivity contribution in [2.75, 3.05) is 38.6 Å². The lowest BCUT2D eigenvalue weighted by molar-refractivity contribution is -0.107. The third-order valence-corrected chi connectivity index (χ3v) is 9.44. The maximum atomic E-state index is 13.2.